The molecule has 0 atom stereocenters. The van der Waals surface area contributed by atoms with Gasteiger partial charge in [0.2, 0.25) is 5.91 Å². The maximum Gasteiger partial charge on any atom is 0.243 e. The van der Waals surface area contributed by atoms with Gasteiger partial charge in [-0.05, 0) is 38.5 Å². The third-order valence-corrected chi connectivity index (χ3v) is 4.19. The molecule has 0 aromatic rings. The van der Waals surface area contributed by atoms with Crippen molar-refractivity contribution in [2.24, 2.45) is 10.9 Å². The van der Waals surface area contributed by atoms with Crippen LogP contribution in [0.1, 0.15) is 46.0 Å². The summed E-state index contributed by atoms with van der Waals surface area (Å²) >= 11 is 0. The summed E-state index contributed by atoms with van der Waals surface area (Å²) in [4.78, 5) is 17.7. The molecule has 0 bridgehead atoms. The highest BCUT2D eigenvalue weighted by atomic mass is 16.2. The van der Waals surface area contributed by atoms with Crippen LogP contribution in [-0.2, 0) is 4.79 Å². The van der Waals surface area contributed by atoms with E-state index in [1.54, 1.807) is 19.0 Å². The van der Waals surface area contributed by atoms with Gasteiger partial charge in [0.05, 0.1) is 0 Å². The van der Waals surface area contributed by atoms with Gasteiger partial charge in [-0.2, -0.15) is 0 Å². The fourth-order valence-corrected chi connectivity index (χ4v) is 2.58. The van der Waals surface area contributed by atoms with Crippen LogP contribution in [0, 0.1) is 5.92 Å². The Kier molecular flexibility index (Phi) is 7.99. The molecule has 0 heterocycles. The Bertz CT molecular complexity index is 395. The van der Waals surface area contributed by atoms with Crippen LogP contribution in [0.4, 0.5) is 0 Å². The van der Waals surface area contributed by atoms with Gasteiger partial charge >= 0.3 is 0 Å². The molecule has 1 fully saturated rings. The maximum atomic E-state index is 11.7. The van der Waals surface area contributed by atoms with E-state index in [0.29, 0.717) is 12.6 Å². The van der Waals surface area contributed by atoms with Crippen LogP contribution >= 0.6 is 0 Å². The number of rotatable bonds is 6. The van der Waals surface area contributed by atoms with E-state index in [4.69, 9.17) is 0 Å². The van der Waals surface area contributed by atoms with Crippen LogP contribution in [0.25, 0.3) is 0 Å². The number of carbonyl (C=O) groups excluding carboxylic acids is 1. The van der Waals surface area contributed by atoms with E-state index in [1.165, 1.54) is 32.1 Å². The fourth-order valence-electron chi connectivity index (χ4n) is 2.58. The predicted octanol–water partition coefficient (Wildman–Crippen LogP) is 2.15. The van der Waals surface area contributed by atoms with Gasteiger partial charge in [0.15, 0.2) is 5.96 Å². The van der Waals surface area contributed by atoms with Gasteiger partial charge in [-0.1, -0.05) is 25.5 Å². The topological polar surface area (TPSA) is 56.7 Å². The minimum absolute atomic E-state index is 0.00566. The van der Waals surface area contributed by atoms with Gasteiger partial charge < -0.3 is 15.5 Å². The number of nitrogens with zero attached hydrogens (tertiary/aromatic N) is 2. The molecule has 0 aromatic heterocycles. The van der Waals surface area contributed by atoms with Crippen molar-refractivity contribution >= 4 is 11.9 Å². The predicted molar refractivity (Wildman–Crippen MR) is 93.0 cm³/mol. The third kappa shape index (κ3) is 6.96. The average Bonchev–Trinajstić information content (AvgIpc) is 2.50. The molecular weight excluding hydrogens is 276 g/mol. The van der Waals surface area contributed by atoms with Crippen LogP contribution in [0.3, 0.4) is 0 Å². The lowest BCUT2D eigenvalue weighted by molar-refractivity contribution is -0.127. The Morgan fingerprint density at radius 1 is 1.27 bits per heavy atom. The largest absolute Gasteiger partial charge is 0.354 e. The van der Waals surface area contributed by atoms with Gasteiger partial charge in [0.25, 0.3) is 0 Å². The van der Waals surface area contributed by atoms with Gasteiger partial charge in [0, 0.05) is 26.7 Å². The summed E-state index contributed by atoms with van der Waals surface area (Å²) in [5.41, 5.74) is 1.04. The number of amides is 1. The zero-order valence-electron chi connectivity index (χ0n) is 14.6. The number of hydrogen-bond acceptors (Lipinski definition) is 2. The highest BCUT2D eigenvalue weighted by Crippen LogP contribution is 2.26. The summed E-state index contributed by atoms with van der Waals surface area (Å²) in [5.74, 6) is 1.60. The second-order valence-corrected chi connectivity index (χ2v) is 6.53. The van der Waals surface area contributed by atoms with Crippen LogP contribution in [-0.4, -0.2) is 50.0 Å². The molecule has 0 aliphatic heterocycles. The fraction of sp³-hybridized carbons (Fsp3) is 0.765. The summed E-state index contributed by atoms with van der Waals surface area (Å²) in [5, 5.41) is 6.73. The molecule has 1 aliphatic carbocycles. The molecule has 0 spiro atoms. The Hall–Kier alpha value is -1.52. The summed E-state index contributed by atoms with van der Waals surface area (Å²) in [6.07, 6.45) is 6.18. The normalized spacial score (nSPS) is 22.1. The molecule has 22 heavy (non-hydrogen) atoms. The molecule has 5 heteroatoms. The minimum atomic E-state index is 0.00566. The van der Waals surface area contributed by atoms with Crippen molar-refractivity contribution in [1.82, 2.24) is 15.5 Å². The van der Waals surface area contributed by atoms with Crippen molar-refractivity contribution in [3.8, 4) is 0 Å². The van der Waals surface area contributed by atoms with E-state index in [0.717, 1.165) is 17.5 Å². The van der Waals surface area contributed by atoms with E-state index < -0.39 is 0 Å². The molecule has 1 amide bonds. The number of likely N-dealkylation sites (N-methyl/N-ethyl adjacent to an activating group) is 1. The molecular formula is C17H32N4O. The number of carbonyl (C=O) groups is 1. The highest BCUT2D eigenvalue weighted by Gasteiger charge is 2.20. The first-order valence-electron chi connectivity index (χ1n) is 8.31. The molecule has 2 N–H and O–H groups in total. The number of hydrogen-bond donors (Lipinski definition) is 2. The molecule has 1 rings (SSSR count). The summed E-state index contributed by atoms with van der Waals surface area (Å²) in [6, 6.07) is 0.452. The van der Waals surface area contributed by atoms with Gasteiger partial charge in [-0.3, -0.25) is 4.79 Å². The van der Waals surface area contributed by atoms with Crippen molar-refractivity contribution in [2.75, 3.05) is 27.2 Å². The third-order valence-electron chi connectivity index (χ3n) is 4.19. The van der Waals surface area contributed by atoms with Gasteiger partial charge in [-0.25, -0.2) is 4.99 Å². The zero-order chi connectivity index (χ0) is 16.5. The van der Waals surface area contributed by atoms with Crippen molar-refractivity contribution in [3.05, 3.63) is 12.2 Å². The van der Waals surface area contributed by atoms with Gasteiger partial charge in [0.1, 0.15) is 6.54 Å². The molecule has 5 nitrogen and oxygen atoms in total. The smallest absolute Gasteiger partial charge is 0.243 e. The molecule has 1 saturated carbocycles. The average molecular weight is 308 g/mol. The van der Waals surface area contributed by atoms with E-state index in [2.05, 4.69) is 29.1 Å². The minimum Gasteiger partial charge on any atom is -0.354 e. The quantitative estimate of drug-likeness (QED) is 0.449. The van der Waals surface area contributed by atoms with E-state index in [9.17, 15) is 4.79 Å². The monoisotopic (exact) mass is 308 g/mol. The zero-order valence-corrected chi connectivity index (χ0v) is 14.6. The Morgan fingerprint density at radius 2 is 1.91 bits per heavy atom. The van der Waals surface area contributed by atoms with E-state index in [-0.39, 0.29) is 12.5 Å². The van der Waals surface area contributed by atoms with Crippen molar-refractivity contribution in [3.63, 3.8) is 0 Å². The molecule has 0 aromatic carbocycles. The first-order valence-corrected chi connectivity index (χ1v) is 8.31. The molecule has 0 saturated heterocycles. The van der Waals surface area contributed by atoms with Crippen molar-refractivity contribution < 1.29 is 4.79 Å². The molecule has 0 radical (unpaired) electrons. The molecule has 0 unspecified atom stereocenters. The molecule has 1 aliphatic rings. The first-order chi connectivity index (χ1) is 10.4. The first kappa shape index (κ1) is 18.5. The maximum absolute atomic E-state index is 11.7. The summed E-state index contributed by atoms with van der Waals surface area (Å²) in [6.45, 7) is 8.98. The Morgan fingerprint density at radius 3 is 2.41 bits per heavy atom. The summed E-state index contributed by atoms with van der Waals surface area (Å²) in [7, 11) is 3.50. The van der Waals surface area contributed by atoms with Crippen molar-refractivity contribution in [1.29, 1.82) is 0 Å². The van der Waals surface area contributed by atoms with Crippen LogP contribution < -0.4 is 10.6 Å². The number of aliphatic imine (C=N–C) groups is 1. The Balaban J connectivity index is 2.55. The number of guanidine groups is 1. The van der Waals surface area contributed by atoms with E-state index >= 15 is 0 Å². The standard InChI is InChI=1S/C17H32N4O/c1-6-14-7-9-15(10-8-14)20-17(18-11-13(2)3)19-12-16(22)21(4)5/h14-15H,2,6-12H2,1,3-5H3,(H2,18,19,20). The summed E-state index contributed by atoms with van der Waals surface area (Å²) < 4.78 is 0. The van der Waals surface area contributed by atoms with Crippen LogP contribution in [0.5, 0.6) is 0 Å². The number of nitrogens with one attached hydrogen (secondary N) is 2. The van der Waals surface area contributed by atoms with Crippen LogP contribution in [0.15, 0.2) is 17.1 Å². The highest BCUT2D eigenvalue weighted by molar-refractivity contribution is 5.85. The van der Waals surface area contributed by atoms with Crippen molar-refractivity contribution in [2.45, 2.75) is 52.0 Å². The Labute approximate surface area is 135 Å². The van der Waals surface area contributed by atoms with Gasteiger partial charge in [-0.15, -0.1) is 0 Å². The van der Waals surface area contributed by atoms with E-state index in [1.807, 2.05) is 6.92 Å². The lowest BCUT2D eigenvalue weighted by Gasteiger charge is -2.29. The SMILES string of the molecule is C=C(C)CNC(=NCC(=O)N(C)C)NC1CCC(CC)CC1. The molecule has 126 valence electrons. The lowest BCUT2D eigenvalue weighted by Crippen LogP contribution is -2.45. The second-order valence-electron chi connectivity index (χ2n) is 6.53. The van der Waals surface area contributed by atoms with Crippen LogP contribution in [0.2, 0.25) is 0 Å². The second kappa shape index (κ2) is 9.49. The lowest BCUT2D eigenvalue weighted by atomic mass is 9.84.